The number of aromatic hydroxyl groups is 1. The fraction of sp³-hybridized carbons (Fsp3) is 0.200. The third-order valence-electron chi connectivity index (χ3n) is 6.20. The average molecular weight is 583 g/mol. The number of anilines is 1. The maximum atomic E-state index is 13.0. The number of carboxylic acid groups (broad SMARTS) is 1. The van der Waals surface area contributed by atoms with Crippen molar-refractivity contribution in [2.75, 3.05) is 18.6 Å². The summed E-state index contributed by atoms with van der Waals surface area (Å²) in [5, 5.41) is 27.1. The number of benzene rings is 1. The zero-order valence-corrected chi connectivity index (χ0v) is 22.4. The number of allylic oxidation sites excluding steroid dienone is 2. The molecule has 0 saturated carbocycles. The number of aliphatic carboxylic acids is 1. The van der Waals surface area contributed by atoms with Crippen molar-refractivity contribution in [3.05, 3.63) is 75.3 Å². The maximum absolute atomic E-state index is 13.0. The van der Waals surface area contributed by atoms with E-state index in [0.29, 0.717) is 29.0 Å². The molecule has 2 atom stereocenters. The zero-order valence-electron chi connectivity index (χ0n) is 20.8. The summed E-state index contributed by atoms with van der Waals surface area (Å²) in [6, 6.07) is 3.52. The summed E-state index contributed by atoms with van der Waals surface area (Å²) in [4.78, 5) is 59.6. The fourth-order valence-corrected chi connectivity index (χ4v) is 6.22. The minimum Gasteiger partial charge on any atom is -0.504 e. The lowest BCUT2D eigenvalue weighted by Crippen LogP contribution is -2.71. The van der Waals surface area contributed by atoms with Crippen LogP contribution in [0.2, 0.25) is 0 Å². The topological polar surface area (TPSA) is 189 Å². The second-order valence-corrected chi connectivity index (χ2v) is 10.7. The molecular formula is C25H22N6O7S2. The Labute approximate surface area is 234 Å². The zero-order chi connectivity index (χ0) is 28.6. The monoisotopic (exact) mass is 582 g/mol. The number of carbonyl (C=O) groups is 3. The summed E-state index contributed by atoms with van der Waals surface area (Å²) >= 11 is 2.43. The molecule has 0 spiro atoms. The molecule has 5 rings (SSSR count). The lowest BCUT2D eigenvalue weighted by Gasteiger charge is -2.49. The quantitative estimate of drug-likeness (QED) is 0.170. The van der Waals surface area contributed by atoms with Crippen LogP contribution >= 0.6 is 23.1 Å². The number of phenolic OH excluding ortho intramolecular Hbond substituents is 1. The van der Waals surface area contributed by atoms with Crippen molar-refractivity contribution in [1.29, 1.82) is 0 Å². The van der Waals surface area contributed by atoms with Gasteiger partial charge in [-0.3, -0.25) is 19.3 Å². The van der Waals surface area contributed by atoms with Gasteiger partial charge in [-0.15, -0.1) is 23.1 Å². The molecule has 15 heteroatoms. The number of hydrogen-bond donors (Lipinski definition) is 4. The number of nitrogens with two attached hydrogens (primary N) is 1. The smallest absolute Gasteiger partial charge is 0.352 e. The van der Waals surface area contributed by atoms with Gasteiger partial charge in [-0.1, -0.05) is 17.3 Å². The van der Waals surface area contributed by atoms with Crippen LogP contribution in [-0.2, 0) is 25.8 Å². The summed E-state index contributed by atoms with van der Waals surface area (Å²) in [6.07, 6.45) is 6.92. The molecule has 0 bridgehead atoms. The van der Waals surface area contributed by atoms with E-state index >= 15 is 0 Å². The van der Waals surface area contributed by atoms with Crippen molar-refractivity contribution in [3.8, 4) is 16.9 Å². The number of nitrogens with one attached hydrogen (secondary N) is 1. The molecule has 4 heterocycles. The Hall–Kier alpha value is -4.63. The molecule has 2 amide bonds. The minimum atomic E-state index is -1.26. The Kier molecular flexibility index (Phi) is 7.32. The molecule has 5 N–H and O–H groups in total. The summed E-state index contributed by atoms with van der Waals surface area (Å²) in [6.45, 7) is 0.371. The number of oxime groups is 1. The van der Waals surface area contributed by atoms with Gasteiger partial charge in [-0.2, -0.15) is 0 Å². The summed E-state index contributed by atoms with van der Waals surface area (Å²) in [7, 11) is 1.27. The number of pyridine rings is 1. The van der Waals surface area contributed by atoms with Gasteiger partial charge < -0.3 is 30.7 Å². The van der Waals surface area contributed by atoms with E-state index in [1.165, 1.54) is 41.3 Å². The van der Waals surface area contributed by atoms with E-state index in [4.69, 9.17) is 10.6 Å². The first-order valence-corrected chi connectivity index (χ1v) is 13.6. The van der Waals surface area contributed by atoms with Crippen LogP contribution < -0.4 is 16.5 Å². The van der Waals surface area contributed by atoms with E-state index in [1.54, 1.807) is 35.2 Å². The van der Waals surface area contributed by atoms with Crippen LogP contribution in [0.15, 0.2) is 69.3 Å². The van der Waals surface area contributed by atoms with Crippen molar-refractivity contribution in [3.63, 3.8) is 0 Å². The highest BCUT2D eigenvalue weighted by Crippen LogP contribution is 2.40. The first-order valence-electron chi connectivity index (χ1n) is 11.7. The van der Waals surface area contributed by atoms with E-state index in [1.807, 2.05) is 0 Å². The van der Waals surface area contributed by atoms with Crippen molar-refractivity contribution < 1.29 is 29.4 Å². The molecule has 1 unspecified atom stereocenters. The predicted octanol–water partition coefficient (Wildman–Crippen LogP) is 1.04. The Morgan fingerprint density at radius 3 is 2.83 bits per heavy atom. The highest BCUT2D eigenvalue weighted by atomic mass is 32.2. The molecular weight excluding hydrogens is 560 g/mol. The number of carboxylic acids is 1. The Morgan fingerprint density at radius 2 is 2.12 bits per heavy atom. The van der Waals surface area contributed by atoms with Crippen LogP contribution in [0.4, 0.5) is 5.13 Å². The van der Waals surface area contributed by atoms with E-state index < -0.39 is 34.6 Å². The number of β-lactam (4-membered cyclic amide) rings is 1. The van der Waals surface area contributed by atoms with E-state index in [-0.39, 0.29) is 28.0 Å². The molecule has 0 radical (unpaired) electrons. The predicted molar refractivity (Wildman–Crippen MR) is 148 cm³/mol. The van der Waals surface area contributed by atoms with Crippen LogP contribution in [0.3, 0.4) is 0 Å². The van der Waals surface area contributed by atoms with Crippen LogP contribution in [0, 0.1) is 0 Å². The Morgan fingerprint density at radius 1 is 1.32 bits per heavy atom. The number of phenols is 1. The molecule has 1 fully saturated rings. The van der Waals surface area contributed by atoms with Gasteiger partial charge >= 0.3 is 5.97 Å². The number of aromatic nitrogens is 2. The van der Waals surface area contributed by atoms with E-state index in [0.717, 1.165) is 11.3 Å². The number of rotatable bonds is 8. The lowest BCUT2D eigenvalue weighted by molar-refractivity contribution is -0.150. The van der Waals surface area contributed by atoms with Gasteiger partial charge in [0.1, 0.15) is 29.9 Å². The highest BCUT2D eigenvalue weighted by Gasteiger charge is 2.54. The molecule has 1 aliphatic carbocycles. The second kappa shape index (κ2) is 10.9. The largest absolute Gasteiger partial charge is 0.504 e. The molecule has 1 saturated heterocycles. The van der Waals surface area contributed by atoms with Crippen LogP contribution in [0.1, 0.15) is 5.69 Å². The Bertz CT molecular complexity index is 1640. The molecule has 13 nitrogen and oxygen atoms in total. The SMILES string of the molecule is CO/N=C(\C(=O)NC1C(=O)N2C(C(=O)O)=C(/C=C/Cn3ccc4cc(=O)c(O)cc-4c3)CS[C@H]12)c1csc(N)n1. The van der Waals surface area contributed by atoms with E-state index in [2.05, 4.69) is 15.5 Å². The van der Waals surface area contributed by atoms with Crippen molar-refractivity contribution >= 4 is 51.7 Å². The summed E-state index contributed by atoms with van der Waals surface area (Å²) in [5.41, 5.74) is 6.88. The molecule has 4 aliphatic rings. The van der Waals surface area contributed by atoms with Gasteiger partial charge in [0.25, 0.3) is 11.8 Å². The second-order valence-electron chi connectivity index (χ2n) is 8.73. The maximum Gasteiger partial charge on any atom is 0.352 e. The molecule has 40 heavy (non-hydrogen) atoms. The first-order chi connectivity index (χ1) is 19.2. The van der Waals surface area contributed by atoms with E-state index in [9.17, 15) is 29.4 Å². The number of carbonyl (C=O) groups excluding carboxylic acids is 2. The van der Waals surface area contributed by atoms with Crippen LogP contribution in [0.25, 0.3) is 11.1 Å². The van der Waals surface area contributed by atoms with Gasteiger partial charge in [0, 0.05) is 35.6 Å². The standard InChI is InChI=1S/C25H22N6O7S2/c1-38-29-18(15-11-40-25(26)27-15)21(34)28-19-22(35)31-20(24(36)37)13(10-39-23(19)31)3-2-5-30-6-4-12-7-16(32)17(33)8-14(12)9-30/h2-4,6-9,11,19,23,33H,5,10H2,1H3,(H2,26,27)(H,28,34)(H,36,37)/b3-2+,29-18-/t19?,23-/m1/s1. The molecule has 206 valence electrons. The molecule has 1 aromatic heterocycles. The number of thioether (sulfide) groups is 1. The van der Waals surface area contributed by atoms with Gasteiger partial charge in [0.15, 0.2) is 16.6 Å². The molecule has 0 aromatic carbocycles. The van der Waals surface area contributed by atoms with Crippen molar-refractivity contribution in [2.45, 2.75) is 18.0 Å². The number of nitrogen functional groups attached to an aromatic ring is 1. The van der Waals surface area contributed by atoms with Crippen LogP contribution in [0.5, 0.6) is 5.75 Å². The Balaban J connectivity index is 1.31. The van der Waals surface area contributed by atoms with Crippen LogP contribution in [-0.4, -0.2) is 72.4 Å². The van der Waals surface area contributed by atoms with Crippen molar-refractivity contribution in [2.24, 2.45) is 5.16 Å². The number of thiazole rings is 1. The average Bonchev–Trinajstić information content (AvgIpc) is 3.36. The number of hydrogen-bond acceptors (Lipinski definition) is 11. The third-order valence-corrected chi connectivity index (χ3v) is 8.18. The number of fused-ring (bicyclic) bond motifs is 2. The van der Waals surface area contributed by atoms with Crippen molar-refractivity contribution in [1.82, 2.24) is 19.8 Å². The van der Waals surface area contributed by atoms with Gasteiger partial charge in [-0.05, 0) is 29.3 Å². The van der Waals surface area contributed by atoms with Gasteiger partial charge in [0.05, 0.1) is 0 Å². The third kappa shape index (κ3) is 5.03. The lowest BCUT2D eigenvalue weighted by atomic mass is 10.0. The highest BCUT2D eigenvalue weighted by molar-refractivity contribution is 8.00. The number of nitrogens with zero attached hydrogens (tertiary/aromatic N) is 4. The minimum absolute atomic E-state index is 0.148. The normalized spacial score (nSPS) is 19.1. The van der Waals surface area contributed by atoms with Gasteiger partial charge in [0.2, 0.25) is 5.43 Å². The van der Waals surface area contributed by atoms with Gasteiger partial charge in [-0.25, -0.2) is 9.78 Å². The summed E-state index contributed by atoms with van der Waals surface area (Å²) < 4.78 is 1.80. The molecule has 1 aromatic rings. The molecule has 3 aliphatic heterocycles. The fourth-order valence-electron chi connectivity index (χ4n) is 4.36. The summed E-state index contributed by atoms with van der Waals surface area (Å²) in [5.74, 6) is -2.57. The number of amides is 2. The first kappa shape index (κ1) is 27.0.